The Bertz CT molecular complexity index is 747. The Labute approximate surface area is 160 Å². The van der Waals surface area contributed by atoms with Gasteiger partial charge in [0.1, 0.15) is 17.5 Å². The summed E-state index contributed by atoms with van der Waals surface area (Å²) in [7, 11) is 4.15. The maximum Gasteiger partial charge on any atom is 0.146 e. The predicted molar refractivity (Wildman–Crippen MR) is 102 cm³/mol. The summed E-state index contributed by atoms with van der Waals surface area (Å²) in [6.07, 6.45) is 7.80. The number of piperidine rings is 2. The van der Waals surface area contributed by atoms with E-state index in [9.17, 15) is 5.11 Å². The van der Waals surface area contributed by atoms with Gasteiger partial charge in [-0.05, 0) is 32.2 Å². The van der Waals surface area contributed by atoms with Crippen molar-refractivity contribution in [3.63, 3.8) is 0 Å². The van der Waals surface area contributed by atoms with E-state index in [0.717, 1.165) is 69.6 Å². The van der Waals surface area contributed by atoms with Gasteiger partial charge in [-0.1, -0.05) is 0 Å². The van der Waals surface area contributed by atoms with Crippen LogP contribution in [0.5, 0.6) is 0 Å². The van der Waals surface area contributed by atoms with Gasteiger partial charge in [0.25, 0.3) is 0 Å². The molecule has 0 aliphatic carbocycles. The zero-order valence-corrected chi connectivity index (χ0v) is 16.5. The molecule has 1 atom stereocenters. The van der Waals surface area contributed by atoms with Crippen molar-refractivity contribution < 1.29 is 5.11 Å². The van der Waals surface area contributed by atoms with E-state index in [2.05, 4.69) is 48.2 Å². The van der Waals surface area contributed by atoms with E-state index in [1.165, 1.54) is 12.8 Å². The Morgan fingerprint density at radius 3 is 2.52 bits per heavy atom. The van der Waals surface area contributed by atoms with Crippen LogP contribution in [0.1, 0.15) is 49.1 Å². The number of imidazole rings is 1. The summed E-state index contributed by atoms with van der Waals surface area (Å²) < 4.78 is 4.29. The van der Waals surface area contributed by atoms with Gasteiger partial charge in [-0.25, -0.2) is 4.98 Å². The van der Waals surface area contributed by atoms with E-state index in [-0.39, 0.29) is 6.10 Å². The van der Waals surface area contributed by atoms with Crippen molar-refractivity contribution in [2.45, 2.75) is 50.8 Å². The van der Waals surface area contributed by atoms with Gasteiger partial charge in [-0.3, -0.25) is 9.80 Å². The molecule has 27 heavy (non-hydrogen) atoms. The minimum absolute atomic E-state index is 0.136. The van der Waals surface area contributed by atoms with Gasteiger partial charge < -0.3 is 14.2 Å². The number of nitrogens with zero attached hydrogens (tertiary/aromatic N) is 7. The first-order chi connectivity index (χ1) is 13.1. The Hall–Kier alpha value is -1.77. The lowest BCUT2D eigenvalue weighted by molar-refractivity contribution is 0.0775. The summed E-state index contributed by atoms with van der Waals surface area (Å²) in [5.74, 6) is 3.67. The Kier molecular flexibility index (Phi) is 5.56. The summed E-state index contributed by atoms with van der Waals surface area (Å²) in [6.45, 7) is 5.70. The second-order valence-electron chi connectivity index (χ2n) is 8.07. The molecule has 2 aromatic rings. The molecule has 2 fully saturated rings. The van der Waals surface area contributed by atoms with E-state index in [1.54, 1.807) is 0 Å². The zero-order valence-electron chi connectivity index (χ0n) is 16.5. The first-order valence-electron chi connectivity index (χ1n) is 10.1. The molecule has 148 valence electrons. The van der Waals surface area contributed by atoms with Crippen LogP contribution in [0.3, 0.4) is 0 Å². The third-order valence-electron chi connectivity index (χ3n) is 6.08. The van der Waals surface area contributed by atoms with Gasteiger partial charge in [-0.15, -0.1) is 10.2 Å². The fraction of sp³-hybridized carbons (Fsp3) is 0.737. The maximum atomic E-state index is 9.69. The first-order valence-corrected chi connectivity index (χ1v) is 10.1. The van der Waals surface area contributed by atoms with E-state index < -0.39 is 0 Å². The molecule has 0 radical (unpaired) electrons. The highest BCUT2D eigenvalue weighted by atomic mass is 16.3. The predicted octanol–water partition coefficient (Wildman–Crippen LogP) is 0.885. The molecule has 2 aromatic heterocycles. The van der Waals surface area contributed by atoms with Crippen LogP contribution in [0.25, 0.3) is 0 Å². The second kappa shape index (κ2) is 8.08. The Balaban J connectivity index is 1.39. The SMILES string of the molecule is Cn1ccnc1CN1CCCC(c2nnc(CN3CCC(O)CC3)n2C)C1. The number of aliphatic hydroxyl groups excluding tert-OH is 1. The molecule has 0 spiro atoms. The van der Waals surface area contributed by atoms with Crippen molar-refractivity contribution in [3.8, 4) is 0 Å². The van der Waals surface area contributed by atoms with E-state index in [0.29, 0.717) is 5.92 Å². The number of aryl methyl sites for hydroxylation is 1. The molecule has 2 aliphatic rings. The van der Waals surface area contributed by atoms with Gasteiger partial charge in [0.15, 0.2) is 0 Å². The molecule has 4 rings (SSSR count). The number of rotatable bonds is 5. The van der Waals surface area contributed by atoms with Crippen LogP contribution in [-0.2, 0) is 27.2 Å². The smallest absolute Gasteiger partial charge is 0.146 e. The van der Waals surface area contributed by atoms with Crippen molar-refractivity contribution in [1.29, 1.82) is 0 Å². The monoisotopic (exact) mass is 373 g/mol. The maximum absolute atomic E-state index is 9.69. The molecule has 0 saturated carbocycles. The number of likely N-dealkylation sites (tertiary alicyclic amines) is 2. The van der Waals surface area contributed by atoms with Gasteiger partial charge in [0.2, 0.25) is 0 Å². The molecular weight excluding hydrogens is 342 g/mol. The van der Waals surface area contributed by atoms with Crippen LogP contribution in [0.4, 0.5) is 0 Å². The molecule has 1 unspecified atom stereocenters. The fourth-order valence-electron chi connectivity index (χ4n) is 4.30. The van der Waals surface area contributed by atoms with E-state index in [4.69, 9.17) is 0 Å². The van der Waals surface area contributed by atoms with Gasteiger partial charge in [0, 0.05) is 52.0 Å². The van der Waals surface area contributed by atoms with Crippen molar-refractivity contribution >= 4 is 0 Å². The number of aliphatic hydroxyl groups is 1. The molecule has 2 aliphatic heterocycles. The molecule has 1 N–H and O–H groups in total. The lowest BCUT2D eigenvalue weighted by atomic mass is 9.97. The van der Waals surface area contributed by atoms with Gasteiger partial charge in [-0.2, -0.15) is 0 Å². The molecule has 8 nitrogen and oxygen atoms in total. The summed E-state index contributed by atoms with van der Waals surface area (Å²) in [5, 5.41) is 18.7. The van der Waals surface area contributed by atoms with E-state index in [1.807, 2.05) is 12.4 Å². The summed E-state index contributed by atoms with van der Waals surface area (Å²) in [4.78, 5) is 9.32. The highest BCUT2D eigenvalue weighted by molar-refractivity contribution is 5.05. The Morgan fingerprint density at radius 1 is 1.00 bits per heavy atom. The van der Waals surface area contributed by atoms with Crippen LogP contribution >= 0.6 is 0 Å². The van der Waals surface area contributed by atoms with Crippen LogP contribution in [0.2, 0.25) is 0 Å². The molecule has 8 heteroatoms. The third-order valence-corrected chi connectivity index (χ3v) is 6.08. The highest BCUT2D eigenvalue weighted by Gasteiger charge is 2.27. The zero-order chi connectivity index (χ0) is 18.8. The van der Waals surface area contributed by atoms with Crippen molar-refractivity contribution in [2.24, 2.45) is 14.1 Å². The quantitative estimate of drug-likeness (QED) is 0.839. The lowest BCUT2D eigenvalue weighted by Crippen LogP contribution is -2.36. The Morgan fingerprint density at radius 2 is 1.78 bits per heavy atom. The summed E-state index contributed by atoms with van der Waals surface area (Å²) in [5.41, 5.74) is 0. The molecule has 4 heterocycles. The van der Waals surface area contributed by atoms with Gasteiger partial charge in [0.05, 0.1) is 19.2 Å². The van der Waals surface area contributed by atoms with Gasteiger partial charge >= 0.3 is 0 Å². The highest BCUT2D eigenvalue weighted by Crippen LogP contribution is 2.27. The van der Waals surface area contributed by atoms with Crippen LogP contribution < -0.4 is 0 Å². The minimum Gasteiger partial charge on any atom is -0.393 e. The minimum atomic E-state index is -0.136. The third kappa shape index (κ3) is 4.23. The first kappa shape index (κ1) is 18.6. The fourth-order valence-corrected chi connectivity index (χ4v) is 4.30. The summed E-state index contributed by atoms with van der Waals surface area (Å²) in [6, 6.07) is 0. The molecule has 0 bridgehead atoms. The van der Waals surface area contributed by atoms with Crippen molar-refractivity contribution in [1.82, 2.24) is 34.1 Å². The van der Waals surface area contributed by atoms with Crippen molar-refractivity contribution in [3.05, 3.63) is 29.9 Å². The van der Waals surface area contributed by atoms with Crippen molar-refractivity contribution in [2.75, 3.05) is 26.2 Å². The number of hydrogen-bond acceptors (Lipinski definition) is 6. The molecule has 0 aromatic carbocycles. The second-order valence-corrected chi connectivity index (χ2v) is 8.07. The number of aromatic nitrogens is 5. The lowest BCUT2D eigenvalue weighted by Gasteiger charge is -2.32. The molecule has 0 amide bonds. The van der Waals surface area contributed by atoms with Crippen LogP contribution in [0, 0.1) is 0 Å². The van der Waals surface area contributed by atoms with E-state index >= 15 is 0 Å². The average Bonchev–Trinajstić information content (AvgIpc) is 3.23. The van der Waals surface area contributed by atoms with Crippen LogP contribution in [-0.4, -0.2) is 71.5 Å². The standard InChI is InChI=1S/C19H31N7O/c1-23-11-7-20-17(23)13-26-8-3-4-15(12-26)19-22-21-18(24(19)2)14-25-9-5-16(27)6-10-25/h7,11,15-16,27H,3-6,8-10,12-14H2,1-2H3. The summed E-state index contributed by atoms with van der Waals surface area (Å²) >= 11 is 0. The average molecular weight is 374 g/mol. The largest absolute Gasteiger partial charge is 0.393 e. The molecule has 2 saturated heterocycles. The topological polar surface area (TPSA) is 75.2 Å². The normalized spacial score (nSPS) is 23.1. The van der Waals surface area contributed by atoms with Crippen LogP contribution in [0.15, 0.2) is 12.4 Å². The number of hydrogen-bond donors (Lipinski definition) is 1. The molecular formula is C19H31N7O.